The number of carboxylic acids is 1. The lowest BCUT2D eigenvalue weighted by atomic mass is 10.1. The number of allylic oxidation sites excluding steroid dienone is 1. The van der Waals surface area contributed by atoms with E-state index in [1.54, 1.807) is 13.0 Å². The molecule has 2 N–H and O–H groups in total. The van der Waals surface area contributed by atoms with Crippen LogP contribution >= 0.6 is 0 Å². The van der Waals surface area contributed by atoms with E-state index in [0.29, 0.717) is 6.04 Å². The zero-order valence-electron chi connectivity index (χ0n) is 9.29. The summed E-state index contributed by atoms with van der Waals surface area (Å²) in [6, 6.07) is 0.542. The molecule has 0 aromatic heterocycles. The third-order valence-electron chi connectivity index (χ3n) is 2.32. The Hall–Kier alpha value is -0.830. The zero-order chi connectivity index (χ0) is 11.0. The topological polar surface area (TPSA) is 49.3 Å². The molecule has 14 heavy (non-hydrogen) atoms. The molecule has 0 aromatic carbocycles. The summed E-state index contributed by atoms with van der Waals surface area (Å²) in [4.78, 5) is 10.5. The maximum absolute atomic E-state index is 10.5. The number of carboxylic acid groups (broad SMARTS) is 1. The molecule has 3 heteroatoms. The van der Waals surface area contributed by atoms with Gasteiger partial charge >= 0.3 is 5.97 Å². The van der Waals surface area contributed by atoms with Gasteiger partial charge in [0.1, 0.15) is 0 Å². The molecule has 0 amide bonds. The summed E-state index contributed by atoms with van der Waals surface area (Å²) in [6.07, 6.45) is 6.91. The lowest BCUT2D eigenvalue weighted by Crippen LogP contribution is -2.20. The first kappa shape index (κ1) is 13.2. The number of rotatable bonds is 7. The van der Waals surface area contributed by atoms with Crippen molar-refractivity contribution in [3.8, 4) is 0 Å². The molecule has 3 nitrogen and oxygen atoms in total. The van der Waals surface area contributed by atoms with Gasteiger partial charge in [-0.25, -0.2) is 0 Å². The van der Waals surface area contributed by atoms with Gasteiger partial charge < -0.3 is 10.4 Å². The number of unbranched alkanes of at least 4 members (excludes halogenated alkanes) is 1. The van der Waals surface area contributed by atoms with Crippen LogP contribution in [0.4, 0.5) is 0 Å². The van der Waals surface area contributed by atoms with Crippen LogP contribution in [0.1, 0.15) is 33.1 Å². The van der Waals surface area contributed by atoms with Crippen molar-refractivity contribution in [2.45, 2.75) is 39.2 Å². The van der Waals surface area contributed by atoms with Gasteiger partial charge in [-0.15, -0.1) is 0 Å². The summed E-state index contributed by atoms with van der Waals surface area (Å²) in [6.45, 7) is 3.83. The lowest BCUT2D eigenvalue weighted by molar-refractivity contribution is -0.139. The Labute approximate surface area is 86.2 Å². The minimum atomic E-state index is -0.759. The Balaban J connectivity index is 3.49. The smallest absolute Gasteiger partial charge is 0.310 e. The van der Waals surface area contributed by atoms with Crippen molar-refractivity contribution in [2.75, 3.05) is 7.05 Å². The molecule has 0 saturated heterocycles. The SMILES string of the molecule is CNC(C)CCCC=CC(C)C(=O)O. The Morgan fingerprint density at radius 2 is 2.14 bits per heavy atom. The standard InChI is InChI=1S/C11H21NO2/c1-9(11(13)14)7-5-4-6-8-10(2)12-3/h5,7,9-10,12H,4,6,8H2,1-3H3,(H,13,14). The van der Waals surface area contributed by atoms with Crippen LogP contribution in [-0.2, 0) is 4.79 Å². The minimum absolute atomic E-state index is 0.364. The van der Waals surface area contributed by atoms with Crippen molar-refractivity contribution in [3.63, 3.8) is 0 Å². The summed E-state index contributed by atoms with van der Waals surface area (Å²) in [5, 5.41) is 11.8. The molecule has 0 aliphatic rings. The van der Waals surface area contributed by atoms with Crippen LogP contribution in [0.5, 0.6) is 0 Å². The molecule has 0 aliphatic carbocycles. The number of hydrogen-bond acceptors (Lipinski definition) is 2. The summed E-state index contributed by atoms with van der Waals surface area (Å²) in [5.41, 5.74) is 0. The maximum atomic E-state index is 10.5. The van der Waals surface area contributed by atoms with Crippen LogP contribution < -0.4 is 5.32 Å². The molecule has 0 heterocycles. The molecule has 0 radical (unpaired) electrons. The molecule has 0 bridgehead atoms. The van der Waals surface area contributed by atoms with E-state index in [1.807, 2.05) is 13.1 Å². The molecule has 0 spiro atoms. The number of hydrogen-bond donors (Lipinski definition) is 2. The normalized spacial score (nSPS) is 15.6. The fraction of sp³-hybridized carbons (Fsp3) is 0.727. The van der Waals surface area contributed by atoms with E-state index in [9.17, 15) is 4.79 Å². The highest BCUT2D eigenvalue weighted by molar-refractivity contribution is 5.71. The predicted molar refractivity (Wildman–Crippen MR) is 58.3 cm³/mol. The van der Waals surface area contributed by atoms with E-state index in [4.69, 9.17) is 5.11 Å². The first-order valence-electron chi connectivity index (χ1n) is 5.14. The molecular formula is C11H21NO2. The monoisotopic (exact) mass is 199 g/mol. The maximum Gasteiger partial charge on any atom is 0.310 e. The van der Waals surface area contributed by atoms with E-state index in [0.717, 1.165) is 19.3 Å². The van der Waals surface area contributed by atoms with Crippen LogP contribution in [0.25, 0.3) is 0 Å². The average molecular weight is 199 g/mol. The highest BCUT2D eigenvalue weighted by Gasteiger charge is 2.04. The molecule has 2 atom stereocenters. The van der Waals surface area contributed by atoms with E-state index in [1.165, 1.54) is 0 Å². The Kier molecular flexibility index (Phi) is 7.11. The van der Waals surface area contributed by atoms with Crippen molar-refractivity contribution in [3.05, 3.63) is 12.2 Å². The van der Waals surface area contributed by atoms with Gasteiger partial charge in [-0.3, -0.25) is 4.79 Å². The second-order valence-electron chi connectivity index (χ2n) is 3.68. The van der Waals surface area contributed by atoms with Crippen LogP contribution in [0.2, 0.25) is 0 Å². The van der Waals surface area contributed by atoms with E-state index in [-0.39, 0.29) is 5.92 Å². The molecule has 0 aliphatic heterocycles. The van der Waals surface area contributed by atoms with Crippen molar-refractivity contribution < 1.29 is 9.90 Å². The molecule has 0 fully saturated rings. The summed E-state index contributed by atoms with van der Waals surface area (Å²) in [5.74, 6) is -1.12. The van der Waals surface area contributed by atoms with Crippen LogP contribution in [-0.4, -0.2) is 24.2 Å². The van der Waals surface area contributed by atoms with Crippen molar-refractivity contribution in [1.29, 1.82) is 0 Å². The largest absolute Gasteiger partial charge is 0.481 e. The molecule has 2 unspecified atom stereocenters. The van der Waals surface area contributed by atoms with Gasteiger partial charge in [0, 0.05) is 6.04 Å². The first-order valence-corrected chi connectivity index (χ1v) is 5.14. The Bertz CT molecular complexity index is 190. The quantitative estimate of drug-likeness (QED) is 0.487. The predicted octanol–water partition coefficient (Wildman–Crippen LogP) is 2.04. The number of carbonyl (C=O) groups is 1. The van der Waals surface area contributed by atoms with Crippen molar-refractivity contribution >= 4 is 5.97 Å². The van der Waals surface area contributed by atoms with Crippen molar-refractivity contribution in [2.24, 2.45) is 5.92 Å². The highest BCUT2D eigenvalue weighted by atomic mass is 16.4. The summed E-state index contributed by atoms with van der Waals surface area (Å²) < 4.78 is 0. The lowest BCUT2D eigenvalue weighted by Gasteiger charge is -2.07. The van der Waals surface area contributed by atoms with Gasteiger partial charge in [-0.2, -0.15) is 0 Å². The fourth-order valence-electron chi connectivity index (χ4n) is 1.07. The number of aliphatic carboxylic acids is 1. The van der Waals surface area contributed by atoms with Crippen LogP contribution in [0, 0.1) is 5.92 Å². The van der Waals surface area contributed by atoms with Gasteiger partial charge in [0.25, 0.3) is 0 Å². The van der Waals surface area contributed by atoms with E-state index < -0.39 is 5.97 Å². The highest BCUT2D eigenvalue weighted by Crippen LogP contribution is 2.03. The average Bonchev–Trinajstić information content (AvgIpc) is 2.16. The number of nitrogens with one attached hydrogen (secondary N) is 1. The molecular weight excluding hydrogens is 178 g/mol. The zero-order valence-corrected chi connectivity index (χ0v) is 9.29. The van der Waals surface area contributed by atoms with E-state index in [2.05, 4.69) is 12.2 Å². The van der Waals surface area contributed by atoms with E-state index >= 15 is 0 Å². The van der Waals surface area contributed by atoms with Crippen LogP contribution in [0.15, 0.2) is 12.2 Å². The Morgan fingerprint density at radius 3 is 2.64 bits per heavy atom. The third kappa shape index (κ3) is 6.66. The van der Waals surface area contributed by atoms with Gasteiger partial charge in [0.2, 0.25) is 0 Å². The second-order valence-corrected chi connectivity index (χ2v) is 3.68. The van der Waals surface area contributed by atoms with Gasteiger partial charge in [0.05, 0.1) is 5.92 Å². The van der Waals surface area contributed by atoms with Crippen LogP contribution in [0.3, 0.4) is 0 Å². The molecule has 0 aromatic rings. The fourth-order valence-corrected chi connectivity index (χ4v) is 1.07. The first-order chi connectivity index (χ1) is 6.57. The third-order valence-corrected chi connectivity index (χ3v) is 2.32. The molecule has 82 valence electrons. The van der Waals surface area contributed by atoms with Gasteiger partial charge in [0.15, 0.2) is 0 Å². The van der Waals surface area contributed by atoms with Crippen molar-refractivity contribution in [1.82, 2.24) is 5.32 Å². The summed E-state index contributed by atoms with van der Waals surface area (Å²) in [7, 11) is 1.95. The van der Waals surface area contributed by atoms with Gasteiger partial charge in [-0.1, -0.05) is 12.2 Å². The van der Waals surface area contributed by atoms with Gasteiger partial charge in [-0.05, 0) is 40.2 Å². The second kappa shape index (κ2) is 7.56. The summed E-state index contributed by atoms with van der Waals surface area (Å²) >= 11 is 0. The minimum Gasteiger partial charge on any atom is -0.481 e. The molecule has 0 saturated carbocycles. The Morgan fingerprint density at radius 1 is 1.50 bits per heavy atom. The molecule has 0 rings (SSSR count).